The average molecular weight is 293 g/mol. The first-order valence-electron chi connectivity index (χ1n) is 8.07. The van der Waals surface area contributed by atoms with Gasteiger partial charge in [0.1, 0.15) is 0 Å². The van der Waals surface area contributed by atoms with E-state index in [4.69, 9.17) is 4.74 Å². The fourth-order valence-corrected chi connectivity index (χ4v) is 2.78. The molecule has 1 saturated heterocycles. The predicted molar refractivity (Wildman–Crippen MR) is 81.9 cm³/mol. The van der Waals surface area contributed by atoms with Gasteiger partial charge in [0.25, 0.3) is 0 Å². The molecule has 1 fully saturated rings. The minimum absolute atomic E-state index is 0.0235. The van der Waals surface area contributed by atoms with Crippen LogP contribution >= 0.6 is 0 Å². The third-order valence-corrected chi connectivity index (χ3v) is 4.22. The molecular formula is C16H27N3O2. The minimum Gasteiger partial charge on any atom is -0.466 e. The van der Waals surface area contributed by atoms with E-state index in [1.54, 1.807) is 0 Å². The van der Waals surface area contributed by atoms with Crippen molar-refractivity contribution in [2.45, 2.75) is 52.6 Å². The highest BCUT2D eigenvalue weighted by Crippen LogP contribution is 2.20. The zero-order valence-electron chi connectivity index (χ0n) is 13.4. The van der Waals surface area contributed by atoms with Crippen molar-refractivity contribution in [3.8, 4) is 0 Å². The van der Waals surface area contributed by atoms with E-state index in [9.17, 15) is 4.79 Å². The zero-order valence-corrected chi connectivity index (χ0v) is 13.4. The summed E-state index contributed by atoms with van der Waals surface area (Å²) < 4.78 is 7.17. The van der Waals surface area contributed by atoms with Crippen LogP contribution in [0.15, 0.2) is 12.3 Å². The maximum Gasteiger partial charge on any atom is 0.310 e. The van der Waals surface area contributed by atoms with Gasteiger partial charge in [-0.15, -0.1) is 0 Å². The summed E-state index contributed by atoms with van der Waals surface area (Å²) in [6, 6.07) is 2.52. The zero-order chi connectivity index (χ0) is 15.2. The smallest absolute Gasteiger partial charge is 0.310 e. The molecule has 0 radical (unpaired) electrons. The van der Waals surface area contributed by atoms with E-state index < -0.39 is 0 Å². The van der Waals surface area contributed by atoms with E-state index in [0.29, 0.717) is 12.6 Å². The predicted octanol–water partition coefficient (Wildman–Crippen LogP) is 2.63. The van der Waals surface area contributed by atoms with E-state index in [1.807, 2.05) is 11.6 Å². The Morgan fingerprint density at radius 2 is 2.33 bits per heavy atom. The largest absolute Gasteiger partial charge is 0.466 e. The second-order valence-electron chi connectivity index (χ2n) is 5.87. The van der Waals surface area contributed by atoms with Crippen LogP contribution in [-0.4, -0.2) is 40.3 Å². The number of hydrogen-bond acceptors (Lipinski definition) is 4. The highest BCUT2D eigenvalue weighted by molar-refractivity contribution is 5.72. The Hall–Kier alpha value is -1.36. The number of carbonyl (C=O) groups excluding carboxylic acids is 1. The lowest BCUT2D eigenvalue weighted by Gasteiger charge is -2.30. The normalized spacial score (nSPS) is 21.2. The lowest BCUT2D eigenvalue weighted by molar-refractivity contribution is -0.150. The molecule has 0 bridgehead atoms. The van der Waals surface area contributed by atoms with Crippen molar-refractivity contribution in [2.75, 3.05) is 19.7 Å². The molecular weight excluding hydrogens is 266 g/mol. The monoisotopic (exact) mass is 293 g/mol. The molecule has 21 heavy (non-hydrogen) atoms. The Labute approximate surface area is 127 Å². The van der Waals surface area contributed by atoms with Crippen LogP contribution in [-0.2, 0) is 16.1 Å². The topological polar surface area (TPSA) is 47.4 Å². The molecule has 0 spiro atoms. The number of rotatable bonds is 6. The van der Waals surface area contributed by atoms with Crippen molar-refractivity contribution < 1.29 is 9.53 Å². The number of hydrogen-bond donors (Lipinski definition) is 0. The summed E-state index contributed by atoms with van der Waals surface area (Å²) in [6.45, 7) is 9.31. The van der Waals surface area contributed by atoms with Crippen LogP contribution in [0.5, 0.6) is 0 Å². The van der Waals surface area contributed by atoms with Crippen LogP contribution < -0.4 is 0 Å². The molecule has 1 aliphatic rings. The molecule has 2 rings (SSSR count). The van der Waals surface area contributed by atoms with Gasteiger partial charge in [-0.05, 0) is 45.7 Å². The molecule has 1 aliphatic heterocycles. The van der Waals surface area contributed by atoms with Crippen molar-refractivity contribution >= 4 is 5.97 Å². The van der Waals surface area contributed by atoms with Gasteiger partial charge in [0.2, 0.25) is 0 Å². The Morgan fingerprint density at radius 3 is 3.05 bits per heavy atom. The van der Waals surface area contributed by atoms with Crippen LogP contribution in [0.3, 0.4) is 0 Å². The summed E-state index contributed by atoms with van der Waals surface area (Å²) >= 11 is 0. The molecule has 1 aromatic heterocycles. The summed E-state index contributed by atoms with van der Waals surface area (Å²) in [4.78, 5) is 14.2. The highest BCUT2D eigenvalue weighted by atomic mass is 16.5. The van der Waals surface area contributed by atoms with Gasteiger partial charge in [-0.3, -0.25) is 14.4 Å². The number of carbonyl (C=O) groups is 1. The standard InChI is InChI=1S/C16H27N3O2/c1-4-13(3)19-10-8-15(17-19)12-18-9-6-7-14(11-18)16(20)21-5-2/h8,10,13-14H,4-7,9,11-12H2,1-3H3. The highest BCUT2D eigenvalue weighted by Gasteiger charge is 2.27. The molecule has 5 nitrogen and oxygen atoms in total. The SMILES string of the molecule is CCOC(=O)C1CCCN(Cc2ccn(C(C)CC)n2)C1. The maximum absolute atomic E-state index is 11.9. The minimum atomic E-state index is -0.0488. The van der Waals surface area contributed by atoms with Crippen LogP contribution in [0, 0.1) is 5.92 Å². The average Bonchev–Trinajstić information content (AvgIpc) is 2.95. The molecule has 2 heterocycles. The Balaban J connectivity index is 1.90. The second kappa shape index (κ2) is 7.59. The number of ether oxygens (including phenoxy) is 1. The molecule has 0 N–H and O–H groups in total. The number of likely N-dealkylation sites (tertiary alicyclic amines) is 1. The maximum atomic E-state index is 11.9. The molecule has 5 heteroatoms. The summed E-state index contributed by atoms with van der Waals surface area (Å²) in [5, 5.41) is 4.64. The quantitative estimate of drug-likeness (QED) is 0.757. The summed E-state index contributed by atoms with van der Waals surface area (Å²) in [7, 11) is 0. The summed E-state index contributed by atoms with van der Waals surface area (Å²) in [5.74, 6) is -0.0253. The molecule has 118 valence electrons. The van der Waals surface area contributed by atoms with E-state index >= 15 is 0 Å². The Kier molecular flexibility index (Phi) is 5.79. The second-order valence-corrected chi connectivity index (χ2v) is 5.87. The number of nitrogens with zero attached hydrogens (tertiary/aromatic N) is 3. The first kappa shape index (κ1) is 16.0. The molecule has 0 aromatic carbocycles. The third-order valence-electron chi connectivity index (χ3n) is 4.22. The number of aromatic nitrogens is 2. The first-order chi connectivity index (χ1) is 10.1. The fourth-order valence-electron chi connectivity index (χ4n) is 2.78. The first-order valence-corrected chi connectivity index (χ1v) is 8.07. The van der Waals surface area contributed by atoms with Crippen molar-refractivity contribution in [2.24, 2.45) is 5.92 Å². The number of piperidine rings is 1. The summed E-state index contributed by atoms with van der Waals surface area (Å²) in [6.07, 6.45) is 5.12. The fraction of sp³-hybridized carbons (Fsp3) is 0.750. The molecule has 0 aliphatic carbocycles. The van der Waals surface area contributed by atoms with Crippen molar-refractivity contribution in [3.05, 3.63) is 18.0 Å². The van der Waals surface area contributed by atoms with E-state index in [-0.39, 0.29) is 11.9 Å². The Morgan fingerprint density at radius 1 is 1.52 bits per heavy atom. The van der Waals surface area contributed by atoms with Gasteiger partial charge in [0, 0.05) is 25.3 Å². The lowest BCUT2D eigenvalue weighted by Crippen LogP contribution is -2.39. The molecule has 1 aromatic rings. The van der Waals surface area contributed by atoms with Gasteiger partial charge in [0.05, 0.1) is 18.2 Å². The lowest BCUT2D eigenvalue weighted by atomic mass is 9.98. The van der Waals surface area contributed by atoms with Gasteiger partial charge in [-0.2, -0.15) is 5.10 Å². The van der Waals surface area contributed by atoms with Crippen molar-refractivity contribution in [3.63, 3.8) is 0 Å². The van der Waals surface area contributed by atoms with Gasteiger partial charge >= 0.3 is 5.97 Å². The molecule has 0 saturated carbocycles. The van der Waals surface area contributed by atoms with Crippen LogP contribution in [0.2, 0.25) is 0 Å². The number of esters is 1. The van der Waals surface area contributed by atoms with Crippen LogP contribution in [0.1, 0.15) is 51.8 Å². The van der Waals surface area contributed by atoms with Gasteiger partial charge in [-0.25, -0.2) is 0 Å². The molecule has 2 atom stereocenters. The van der Waals surface area contributed by atoms with Gasteiger partial charge in [-0.1, -0.05) is 6.92 Å². The van der Waals surface area contributed by atoms with Crippen LogP contribution in [0.4, 0.5) is 0 Å². The van der Waals surface area contributed by atoms with Gasteiger partial charge < -0.3 is 4.74 Å². The van der Waals surface area contributed by atoms with Crippen molar-refractivity contribution in [1.29, 1.82) is 0 Å². The van der Waals surface area contributed by atoms with Gasteiger partial charge in [0.15, 0.2) is 0 Å². The van der Waals surface area contributed by atoms with E-state index in [1.165, 1.54) is 0 Å². The Bertz CT molecular complexity index is 458. The van der Waals surface area contributed by atoms with E-state index in [0.717, 1.165) is 44.6 Å². The van der Waals surface area contributed by atoms with Crippen LogP contribution in [0.25, 0.3) is 0 Å². The third kappa shape index (κ3) is 4.30. The summed E-state index contributed by atoms with van der Waals surface area (Å²) in [5.41, 5.74) is 1.08. The van der Waals surface area contributed by atoms with E-state index in [2.05, 4.69) is 36.1 Å². The molecule has 2 unspecified atom stereocenters. The van der Waals surface area contributed by atoms with Crippen molar-refractivity contribution in [1.82, 2.24) is 14.7 Å². The molecule has 0 amide bonds.